The molecule has 0 spiro atoms. The lowest BCUT2D eigenvalue weighted by Crippen LogP contribution is -2.32. The Hall–Kier alpha value is -1.06. The highest BCUT2D eigenvalue weighted by molar-refractivity contribution is 6.03. The van der Waals surface area contributed by atoms with Crippen molar-refractivity contribution in [3.8, 4) is 0 Å². The quantitative estimate of drug-likeness (QED) is 0.664. The number of nitrogens with one attached hydrogen (secondary N) is 1. The summed E-state index contributed by atoms with van der Waals surface area (Å²) in [5.74, 6) is 0.405. The van der Waals surface area contributed by atoms with E-state index in [1.807, 2.05) is 0 Å². The van der Waals surface area contributed by atoms with Crippen LogP contribution < -0.4 is 5.32 Å². The number of hydrogen-bond acceptors (Lipinski definition) is 2. The Bertz CT molecular complexity index is 226. The Kier molecular flexibility index (Phi) is 2.90. The van der Waals surface area contributed by atoms with E-state index in [0.717, 1.165) is 6.42 Å². The average molecular weight is 184 g/mol. The maximum atomic E-state index is 11.4. The van der Waals surface area contributed by atoms with Gasteiger partial charge >= 0.3 is 6.03 Å². The predicted molar refractivity (Wildman–Crippen MR) is 49.2 cm³/mol. The second kappa shape index (κ2) is 3.77. The number of nitrogens with zero attached hydrogens (tertiary/aromatic N) is 1. The van der Waals surface area contributed by atoms with Crippen molar-refractivity contribution in [1.29, 1.82) is 0 Å². The summed E-state index contributed by atoms with van der Waals surface area (Å²) in [7, 11) is 0. The van der Waals surface area contributed by atoms with Gasteiger partial charge in [-0.2, -0.15) is 0 Å². The Morgan fingerprint density at radius 1 is 1.46 bits per heavy atom. The molecule has 4 nitrogen and oxygen atoms in total. The van der Waals surface area contributed by atoms with E-state index >= 15 is 0 Å². The molecule has 0 aromatic heterocycles. The molecule has 3 amide bonds. The molecule has 0 aromatic rings. The van der Waals surface area contributed by atoms with Crippen LogP contribution in [0.15, 0.2) is 0 Å². The zero-order chi connectivity index (χ0) is 10.0. The number of carbonyl (C=O) groups excluding carboxylic acids is 2. The first-order valence-corrected chi connectivity index (χ1v) is 4.64. The lowest BCUT2D eigenvalue weighted by molar-refractivity contribution is -0.127. The van der Waals surface area contributed by atoms with Gasteiger partial charge in [-0.1, -0.05) is 13.8 Å². The number of carbonyl (C=O) groups is 2. The van der Waals surface area contributed by atoms with E-state index in [-0.39, 0.29) is 18.0 Å². The van der Waals surface area contributed by atoms with Gasteiger partial charge in [0, 0.05) is 6.54 Å². The van der Waals surface area contributed by atoms with Crippen molar-refractivity contribution >= 4 is 11.9 Å². The highest BCUT2D eigenvalue weighted by Crippen LogP contribution is 2.09. The van der Waals surface area contributed by atoms with Crippen LogP contribution in [-0.2, 0) is 4.79 Å². The first kappa shape index (κ1) is 10.0. The lowest BCUT2D eigenvalue weighted by Gasteiger charge is -2.13. The summed E-state index contributed by atoms with van der Waals surface area (Å²) in [5, 5.41) is 2.58. The molecule has 1 saturated heterocycles. The van der Waals surface area contributed by atoms with Gasteiger partial charge in [0.15, 0.2) is 0 Å². The minimum Gasteiger partial charge on any atom is -0.326 e. The standard InChI is InChI=1S/C9H16N2O2/c1-6(2)4-5-11-8(12)7(3)10-9(11)13/h6-7H,4-5H2,1-3H3,(H,10,13)/t7-/m1/s1. The molecule has 0 saturated carbocycles. The van der Waals surface area contributed by atoms with Gasteiger partial charge in [0.2, 0.25) is 0 Å². The highest BCUT2D eigenvalue weighted by Gasteiger charge is 2.34. The van der Waals surface area contributed by atoms with E-state index in [1.54, 1.807) is 6.92 Å². The van der Waals surface area contributed by atoms with E-state index in [4.69, 9.17) is 0 Å². The molecule has 1 atom stereocenters. The fourth-order valence-electron chi connectivity index (χ4n) is 1.26. The molecule has 74 valence electrons. The van der Waals surface area contributed by atoms with Crippen LogP contribution in [0.1, 0.15) is 27.2 Å². The number of amides is 3. The lowest BCUT2D eigenvalue weighted by atomic mass is 10.1. The molecule has 1 fully saturated rings. The summed E-state index contributed by atoms with van der Waals surface area (Å²) in [5.41, 5.74) is 0. The molecule has 0 aliphatic carbocycles. The summed E-state index contributed by atoms with van der Waals surface area (Å²) in [6.07, 6.45) is 0.867. The first-order valence-electron chi connectivity index (χ1n) is 4.64. The molecule has 1 aliphatic heterocycles. The number of urea groups is 1. The van der Waals surface area contributed by atoms with Crippen LogP contribution in [-0.4, -0.2) is 29.4 Å². The maximum Gasteiger partial charge on any atom is 0.324 e. The van der Waals surface area contributed by atoms with Gasteiger partial charge in [0.1, 0.15) is 6.04 Å². The van der Waals surface area contributed by atoms with Crippen molar-refractivity contribution in [1.82, 2.24) is 10.2 Å². The van der Waals surface area contributed by atoms with Crippen LogP contribution in [0.25, 0.3) is 0 Å². The van der Waals surface area contributed by atoms with Gasteiger partial charge in [-0.25, -0.2) is 4.79 Å². The van der Waals surface area contributed by atoms with Crippen LogP contribution in [0.2, 0.25) is 0 Å². The van der Waals surface area contributed by atoms with Crippen LogP contribution in [0.3, 0.4) is 0 Å². The van der Waals surface area contributed by atoms with Crippen molar-refractivity contribution < 1.29 is 9.59 Å². The molecule has 13 heavy (non-hydrogen) atoms. The Balaban J connectivity index is 2.49. The maximum absolute atomic E-state index is 11.4. The largest absolute Gasteiger partial charge is 0.326 e. The van der Waals surface area contributed by atoms with E-state index in [9.17, 15) is 9.59 Å². The zero-order valence-corrected chi connectivity index (χ0v) is 8.33. The molecule has 1 heterocycles. The molecular formula is C9H16N2O2. The van der Waals surface area contributed by atoms with Crippen LogP contribution in [0, 0.1) is 5.92 Å². The summed E-state index contributed by atoms with van der Waals surface area (Å²) >= 11 is 0. The van der Waals surface area contributed by atoms with Gasteiger partial charge in [-0.05, 0) is 19.3 Å². The van der Waals surface area contributed by atoms with Gasteiger partial charge in [-0.3, -0.25) is 9.69 Å². The van der Waals surface area contributed by atoms with E-state index in [1.165, 1.54) is 4.90 Å². The fourth-order valence-corrected chi connectivity index (χ4v) is 1.26. The Labute approximate surface area is 78.3 Å². The molecule has 0 bridgehead atoms. The smallest absolute Gasteiger partial charge is 0.324 e. The summed E-state index contributed by atoms with van der Waals surface area (Å²) in [4.78, 5) is 23.9. The number of hydrogen-bond donors (Lipinski definition) is 1. The molecule has 0 radical (unpaired) electrons. The van der Waals surface area contributed by atoms with Crippen LogP contribution in [0.4, 0.5) is 4.79 Å². The number of rotatable bonds is 3. The van der Waals surface area contributed by atoms with Crippen LogP contribution >= 0.6 is 0 Å². The van der Waals surface area contributed by atoms with Crippen LogP contribution in [0.5, 0.6) is 0 Å². The monoisotopic (exact) mass is 184 g/mol. The van der Waals surface area contributed by atoms with Gasteiger partial charge in [0.05, 0.1) is 0 Å². The topological polar surface area (TPSA) is 49.4 Å². The van der Waals surface area contributed by atoms with Crippen molar-refractivity contribution in [3.05, 3.63) is 0 Å². The second-order valence-corrected chi connectivity index (χ2v) is 3.84. The third-order valence-electron chi connectivity index (χ3n) is 2.15. The molecule has 1 N–H and O–H groups in total. The molecule has 1 rings (SSSR count). The first-order chi connectivity index (χ1) is 6.02. The van der Waals surface area contributed by atoms with Gasteiger partial charge in [0.25, 0.3) is 5.91 Å². The normalized spacial score (nSPS) is 22.8. The minimum atomic E-state index is -0.348. The van der Waals surface area contributed by atoms with Gasteiger partial charge < -0.3 is 5.32 Å². The van der Waals surface area contributed by atoms with Crippen molar-refractivity contribution in [2.24, 2.45) is 5.92 Å². The van der Waals surface area contributed by atoms with E-state index in [2.05, 4.69) is 19.2 Å². The average Bonchev–Trinajstić information content (AvgIpc) is 2.24. The minimum absolute atomic E-state index is 0.106. The third kappa shape index (κ3) is 2.20. The fraction of sp³-hybridized carbons (Fsp3) is 0.778. The SMILES string of the molecule is CC(C)CCN1C(=O)N[C@H](C)C1=O. The summed E-state index contributed by atoms with van der Waals surface area (Å²) in [6.45, 7) is 6.38. The highest BCUT2D eigenvalue weighted by atomic mass is 16.2. The van der Waals surface area contributed by atoms with Crippen molar-refractivity contribution in [3.63, 3.8) is 0 Å². The Morgan fingerprint density at radius 3 is 2.46 bits per heavy atom. The molecule has 0 aromatic carbocycles. The van der Waals surface area contributed by atoms with Crippen molar-refractivity contribution in [2.75, 3.05) is 6.54 Å². The predicted octanol–water partition coefficient (Wildman–Crippen LogP) is 0.973. The molecule has 1 aliphatic rings. The summed E-state index contributed by atoms with van der Waals surface area (Å²) < 4.78 is 0. The van der Waals surface area contributed by atoms with E-state index < -0.39 is 0 Å². The molecule has 4 heteroatoms. The van der Waals surface area contributed by atoms with E-state index in [0.29, 0.717) is 12.5 Å². The van der Waals surface area contributed by atoms with Crippen molar-refractivity contribution in [2.45, 2.75) is 33.2 Å². The third-order valence-corrected chi connectivity index (χ3v) is 2.15. The van der Waals surface area contributed by atoms with Gasteiger partial charge in [-0.15, -0.1) is 0 Å². The number of imide groups is 1. The molecule has 0 unspecified atom stereocenters. The Morgan fingerprint density at radius 2 is 2.08 bits per heavy atom. The second-order valence-electron chi connectivity index (χ2n) is 3.84. The molecular weight excluding hydrogens is 168 g/mol. The summed E-state index contributed by atoms with van der Waals surface area (Å²) in [6, 6.07) is -0.599. The zero-order valence-electron chi connectivity index (χ0n) is 8.33.